The molecule has 0 spiro atoms. The zero-order chi connectivity index (χ0) is 17.3. The topological polar surface area (TPSA) is 49.4 Å². The van der Waals surface area contributed by atoms with E-state index in [1.165, 1.54) is 35.2 Å². The van der Waals surface area contributed by atoms with Crippen LogP contribution in [0, 0.1) is 24.5 Å². The second kappa shape index (κ2) is 6.39. The molecule has 4 nitrogen and oxygen atoms in total. The maximum Gasteiger partial charge on any atom is 0.229 e. The van der Waals surface area contributed by atoms with E-state index >= 15 is 0 Å². The summed E-state index contributed by atoms with van der Waals surface area (Å²) >= 11 is 0. The fraction of sp³-hybridized carbons (Fsp3) is 0.222. The molecule has 2 aromatic rings. The van der Waals surface area contributed by atoms with Gasteiger partial charge in [-0.05, 0) is 42.8 Å². The van der Waals surface area contributed by atoms with Crippen molar-refractivity contribution in [3.63, 3.8) is 0 Å². The molecule has 1 fully saturated rings. The van der Waals surface area contributed by atoms with E-state index in [1.807, 2.05) is 0 Å². The average molecular weight is 330 g/mol. The minimum Gasteiger partial charge on any atom is -0.326 e. The molecule has 1 heterocycles. The Labute approximate surface area is 138 Å². The molecular weight excluding hydrogens is 314 g/mol. The summed E-state index contributed by atoms with van der Waals surface area (Å²) < 4.78 is 27.0. The van der Waals surface area contributed by atoms with Gasteiger partial charge in [-0.3, -0.25) is 9.59 Å². The van der Waals surface area contributed by atoms with E-state index in [4.69, 9.17) is 0 Å². The average Bonchev–Trinajstić information content (AvgIpc) is 2.92. The fourth-order valence-electron chi connectivity index (χ4n) is 2.79. The molecule has 24 heavy (non-hydrogen) atoms. The summed E-state index contributed by atoms with van der Waals surface area (Å²) in [6.45, 7) is 1.80. The predicted octanol–water partition coefficient (Wildman–Crippen LogP) is 3.26. The first-order chi connectivity index (χ1) is 11.5. The third-order valence-corrected chi connectivity index (χ3v) is 4.09. The summed E-state index contributed by atoms with van der Waals surface area (Å²) in [7, 11) is 0. The van der Waals surface area contributed by atoms with Crippen LogP contribution in [-0.4, -0.2) is 18.4 Å². The van der Waals surface area contributed by atoms with Crippen LogP contribution in [0.1, 0.15) is 12.0 Å². The molecule has 0 saturated carbocycles. The van der Waals surface area contributed by atoms with E-state index in [1.54, 1.807) is 19.1 Å². The SMILES string of the molecule is Cc1cc(F)ccc1NC(=O)[C@H]1CC(=O)N(c2ccccc2F)C1. The van der Waals surface area contributed by atoms with E-state index in [-0.39, 0.29) is 36.3 Å². The molecule has 0 radical (unpaired) electrons. The minimum atomic E-state index is -0.582. The van der Waals surface area contributed by atoms with Crippen LogP contribution in [-0.2, 0) is 9.59 Å². The number of carbonyl (C=O) groups is 2. The van der Waals surface area contributed by atoms with Gasteiger partial charge in [0.05, 0.1) is 11.6 Å². The van der Waals surface area contributed by atoms with Crippen LogP contribution in [0.5, 0.6) is 0 Å². The smallest absolute Gasteiger partial charge is 0.229 e. The summed E-state index contributed by atoms with van der Waals surface area (Å²) in [6, 6.07) is 10.0. The Bertz CT molecular complexity index is 807. The largest absolute Gasteiger partial charge is 0.326 e. The highest BCUT2D eigenvalue weighted by atomic mass is 19.1. The zero-order valence-corrected chi connectivity index (χ0v) is 13.1. The van der Waals surface area contributed by atoms with Crippen molar-refractivity contribution in [2.75, 3.05) is 16.8 Å². The third kappa shape index (κ3) is 3.13. The van der Waals surface area contributed by atoms with Gasteiger partial charge in [-0.1, -0.05) is 12.1 Å². The molecule has 1 aliphatic rings. The molecule has 0 aliphatic carbocycles. The van der Waals surface area contributed by atoms with Crippen LogP contribution >= 0.6 is 0 Å². The first-order valence-corrected chi connectivity index (χ1v) is 7.57. The Morgan fingerprint density at radius 2 is 1.96 bits per heavy atom. The second-order valence-corrected chi connectivity index (χ2v) is 5.81. The zero-order valence-electron chi connectivity index (χ0n) is 13.1. The van der Waals surface area contributed by atoms with Crippen molar-refractivity contribution in [2.45, 2.75) is 13.3 Å². The Hall–Kier alpha value is -2.76. The number of nitrogens with one attached hydrogen (secondary N) is 1. The number of halogens is 2. The van der Waals surface area contributed by atoms with Crippen LogP contribution < -0.4 is 10.2 Å². The Kier molecular flexibility index (Phi) is 4.29. The van der Waals surface area contributed by atoms with Gasteiger partial charge >= 0.3 is 0 Å². The highest BCUT2D eigenvalue weighted by Gasteiger charge is 2.36. The number of anilines is 2. The Morgan fingerprint density at radius 1 is 1.21 bits per heavy atom. The van der Waals surface area contributed by atoms with E-state index in [9.17, 15) is 18.4 Å². The summed E-state index contributed by atoms with van der Waals surface area (Å²) in [6.07, 6.45) is 0.0143. The van der Waals surface area contributed by atoms with Crippen molar-refractivity contribution in [3.05, 3.63) is 59.7 Å². The maximum atomic E-state index is 13.9. The van der Waals surface area contributed by atoms with Crippen LogP contribution in [0.2, 0.25) is 0 Å². The van der Waals surface area contributed by atoms with E-state index in [0.717, 1.165) is 0 Å². The van der Waals surface area contributed by atoms with Gasteiger partial charge in [0, 0.05) is 18.7 Å². The lowest BCUT2D eigenvalue weighted by atomic mass is 10.1. The molecule has 0 unspecified atom stereocenters. The number of hydrogen-bond donors (Lipinski definition) is 1. The van der Waals surface area contributed by atoms with Gasteiger partial charge in [0.1, 0.15) is 11.6 Å². The fourth-order valence-corrected chi connectivity index (χ4v) is 2.79. The molecule has 1 aliphatic heterocycles. The van der Waals surface area contributed by atoms with Gasteiger partial charge < -0.3 is 10.2 Å². The van der Waals surface area contributed by atoms with E-state index in [2.05, 4.69) is 5.32 Å². The molecule has 2 aromatic carbocycles. The summed E-state index contributed by atoms with van der Waals surface area (Å²) in [5.74, 6) is -2.09. The summed E-state index contributed by atoms with van der Waals surface area (Å²) in [5.41, 5.74) is 1.27. The number of para-hydroxylation sites is 1. The molecule has 2 amide bonds. The molecule has 124 valence electrons. The first-order valence-electron chi connectivity index (χ1n) is 7.57. The highest BCUT2D eigenvalue weighted by Crippen LogP contribution is 2.28. The van der Waals surface area contributed by atoms with E-state index < -0.39 is 11.7 Å². The van der Waals surface area contributed by atoms with Gasteiger partial charge in [-0.25, -0.2) is 8.78 Å². The lowest BCUT2D eigenvalue weighted by Gasteiger charge is -2.17. The van der Waals surface area contributed by atoms with E-state index in [0.29, 0.717) is 11.3 Å². The third-order valence-electron chi connectivity index (χ3n) is 4.09. The standard InChI is InChI=1S/C18H16F2N2O2/c1-11-8-13(19)6-7-15(11)21-18(24)12-9-17(23)22(10-12)16-5-3-2-4-14(16)20/h2-8,12H,9-10H2,1H3,(H,21,24)/t12-/m0/s1. The number of carbonyl (C=O) groups excluding carboxylic acids is 2. The molecule has 1 saturated heterocycles. The van der Waals surface area contributed by atoms with Crippen molar-refractivity contribution >= 4 is 23.2 Å². The summed E-state index contributed by atoms with van der Waals surface area (Å²) in [4.78, 5) is 25.8. The van der Waals surface area contributed by atoms with Gasteiger partial charge in [0.15, 0.2) is 0 Å². The molecule has 1 atom stereocenters. The van der Waals surface area contributed by atoms with Crippen LogP contribution in [0.15, 0.2) is 42.5 Å². The number of aryl methyl sites for hydroxylation is 1. The molecule has 3 rings (SSSR count). The first kappa shape index (κ1) is 16.1. The normalized spacial score (nSPS) is 17.2. The van der Waals surface area contributed by atoms with Gasteiger partial charge in [0.2, 0.25) is 11.8 Å². The number of hydrogen-bond acceptors (Lipinski definition) is 2. The van der Waals surface area contributed by atoms with Crippen LogP contribution in [0.3, 0.4) is 0 Å². The van der Waals surface area contributed by atoms with Gasteiger partial charge in [-0.2, -0.15) is 0 Å². The van der Waals surface area contributed by atoms with Crippen LogP contribution in [0.25, 0.3) is 0 Å². The van der Waals surface area contributed by atoms with Gasteiger partial charge in [0.25, 0.3) is 0 Å². The second-order valence-electron chi connectivity index (χ2n) is 5.81. The quantitative estimate of drug-likeness (QED) is 0.939. The van der Waals surface area contributed by atoms with Crippen molar-refractivity contribution in [1.29, 1.82) is 0 Å². The van der Waals surface area contributed by atoms with Crippen molar-refractivity contribution < 1.29 is 18.4 Å². The molecule has 1 N–H and O–H groups in total. The lowest BCUT2D eigenvalue weighted by Crippen LogP contribution is -2.28. The summed E-state index contributed by atoms with van der Waals surface area (Å²) in [5, 5.41) is 2.71. The van der Waals surface area contributed by atoms with Crippen molar-refractivity contribution in [1.82, 2.24) is 0 Å². The molecule has 6 heteroatoms. The molecule has 0 bridgehead atoms. The Morgan fingerprint density at radius 3 is 2.67 bits per heavy atom. The number of amides is 2. The molecule has 0 aromatic heterocycles. The number of rotatable bonds is 3. The van der Waals surface area contributed by atoms with Gasteiger partial charge in [-0.15, -0.1) is 0 Å². The van der Waals surface area contributed by atoms with Crippen molar-refractivity contribution in [3.8, 4) is 0 Å². The maximum absolute atomic E-state index is 13.9. The Balaban J connectivity index is 1.73. The predicted molar refractivity (Wildman–Crippen MR) is 86.6 cm³/mol. The highest BCUT2D eigenvalue weighted by molar-refractivity contribution is 6.03. The lowest BCUT2D eigenvalue weighted by molar-refractivity contribution is -0.122. The monoisotopic (exact) mass is 330 g/mol. The van der Waals surface area contributed by atoms with Crippen molar-refractivity contribution in [2.24, 2.45) is 5.92 Å². The number of nitrogens with zero attached hydrogens (tertiary/aromatic N) is 1. The number of benzene rings is 2. The molecular formula is C18H16F2N2O2. The van der Waals surface area contributed by atoms with Crippen LogP contribution in [0.4, 0.5) is 20.2 Å². The minimum absolute atomic E-state index is 0.0143.